The Labute approximate surface area is 102 Å². The number of hydrogen-bond acceptors (Lipinski definition) is 3. The highest BCUT2D eigenvalue weighted by atomic mass is 19.1. The Hall–Kier alpha value is -2.68. The molecule has 0 N–H and O–H groups in total. The van der Waals surface area contributed by atoms with Gasteiger partial charge in [0.1, 0.15) is 11.8 Å². The lowest BCUT2D eigenvalue weighted by atomic mass is 10.2. The molecule has 0 aliphatic rings. The van der Waals surface area contributed by atoms with E-state index in [4.69, 9.17) is 5.26 Å². The number of rotatable bonds is 3. The predicted molar refractivity (Wildman–Crippen MR) is 61.3 cm³/mol. The zero-order valence-corrected chi connectivity index (χ0v) is 9.21. The van der Waals surface area contributed by atoms with E-state index in [0.717, 1.165) is 6.07 Å². The van der Waals surface area contributed by atoms with E-state index in [2.05, 4.69) is 0 Å². The van der Waals surface area contributed by atoms with Crippen LogP contribution in [0.4, 0.5) is 10.1 Å². The Kier molecular flexibility index (Phi) is 3.06. The first kappa shape index (κ1) is 11.8. The highest BCUT2D eigenvalue weighted by Crippen LogP contribution is 2.21. The molecule has 1 heterocycles. The molecule has 0 radical (unpaired) electrons. The summed E-state index contributed by atoms with van der Waals surface area (Å²) in [6.07, 6.45) is 1.62. The quantitative estimate of drug-likeness (QED) is 0.615. The van der Waals surface area contributed by atoms with E-state index in [-0.39, 0.29) is 12.1 Å². The zero-order valence-electron chi connectivity index (χ0n) is 9.21. The molecule has 2 rings (SSSR count). The second kappa shape index (κ2) is 4.67. The van der Waals surface area contributed by atoms with Crippen LogP contribution in [0.15, 0.2) is 36.5 Å². The largest absolute Gasteiger partial charge is 0.335 e. The summed E-state index contributed by atoms with van der Waals surface area (Å²) in [6, 6.07) is 9.21. The van der Waals surface area contributed by atoms with E-state index in [1.807, 2.05) is 6.07 Å². The van der Waals surface area contributed by atoms with Crippen LogP contribution in [0.5, 0.6) is 0 Å². The Morgan fingerprint density at radius 1 is 1.39 bits per heavy atom. The van der Waals surface area contributed by atoms with Gasteiger partial charge in [-0.3, -0.25) is 10.1 Å². The van der Waals surface area contributed by atoms with Crippen molar-refractivity contribution in [2.45, 2.75) is 6.54 Å². The molecule has 0 saturated carbocycles. The third kappa shape index (κ3) is 2.06. The molecule has 0 bridgehead atoms. The SMILES string of the molecule is N#Cc1cccn1Cc1cccc([N+](=O)[O-])c1F. The minimum absolute atomic E-state index is 0.0867. The van der Waals surface area contributed by atoms with Gasteiger partial charge in [0.15, 0.2) is 0 Å². The summed E-state index contributed by atoms with van der Waals surface area (Å²) in [7, 11) is 0. The van der Waals surface area contributed by atoms with Crippen molar-refractivity contribution in [3.8, 4) is 6.07 Å². The van der Waals surface area contributed by atoms with Crippen LogP contribution in [-0.4, -0.2) is 9.49 Å². The molecule has 0 unspecified atom stereocenters. The molecule has 18 heavy (non-hydrogen) atoms. The molecule has 0 fully saturated rings. The van der Waals surface area contributed by atoms with Gasteiger partial charge in [0, 0.05) is 17.8 Å². The van der Waals surface area contributed by atoms with Gasteiger partial charge in [-0.15, -0.1) is 0 Å². The Morgan fingerprint density at radius 3 is 2.83 bits per heavy atom. The number of nitro groups is 1. The monoisotopic (exact) mass is 245 g/mol. The minimum atomic E-state index is -0.861. The van der Waals surface area contributed by atoms with Crippen LogP contribution in [0, 0.1) is 27.3 Å². The first-order valence-electron chi connectivity index (χ1n) is 5.10. The van der Waals surface area contributed by atoms with Crippen molar-refractivity contribution in [1.82, 2.24) is 4.57 Å². The highest BCUT2D eigenvalue weighted by Gasteiger charge is 2.17. The van der Waals surface area contributed by atoms with Crippen molar-refractivity contribution in [2.75, 3.05) is 0 Å². The normalized spacial score (nSPS) is 10.0. The second-order valence-corrected chi connectivity index (χ2v) is 3.64. The minimum Gasteiger partial charge on any atom is -0.335 e. The molecular weight excluding hydrogens is 237 g/mol. The summed E-state index contributed by atoms with van der Waals surface area (Å²) >= 11 is 0. The fraction of sp³-hybridized carbons (Fsp3) is 0.0833. The van der Waals surface area contributed by atoms with Crippen LogP contribution < -0.4 is 0 Å². The number of nitrogens with zero attached hydrogens (tertiary/aromatic N) is 3. The summed E-state index contributed by atoms with van der Waals surface area (Å²) in [5.41, 5.74) is -0.00373. The Balaban J connectivity index is 2.39. The molecule has 6 heteroatoms. The average molecular weight is 245 g/mol. The van der Waals surface area contributed by atoms with Gasteiger partial charge in [0.25, 0.3) is 0 Å². The number of hydrogen-bond donors (Lipinski definition) is 0. The maximum Gasteiger partial charge on any atom is 0.305 e. The topological polar surface area (TPSA) is 71.9 Å². The fourth-order valence-electron chi connectivity index (χ4n) is 1.67. The molecule has 0 spiro atoms. The molecule has 0 aliphatic heterocycles. The molecule has 1 aromatic heterocycles. The molecule has 2 aromatic rings. The molecule has 1 aromatic carbocycles. The summed E-state index contributed by atoms with van der Waals surface area (Å²) in [5, 5.41) is 19.4. The van der Waals surface area contributed by atoms with Gasteiger partial charge in [-0.25, -0.2) is 0 Å². The maximum absolute atomic E-state index is 13.8. The van der Waals surface area contributed by atoms with E-state index in [0.29, 0.717) is 5.69 Å². The van der Waals surface area contributed by atoms with Gasteiger partial charge < -0.3 is 4.57 Å². The highest BCUT2D eigenvalue weighted by molar-refractivity contribution is 5.37. The lowest BCUT2D eigenvalue weighted by molar-refractivity contribution is -0.387. The van der Waals surface area contributed by atoms with Crippen LogP contribution in [0.1, 0.15) is 11.3 Å². The summed E-state index contributed by atoms with van der Waals surface area (Å²) in [5.74, 6) is -0.861. The van der Waals surface area contributed by atoms with Crippen LogP contribution in [-0.2, 0) is 6.54 Å². The Bertz CT molecular complexity index is 643. The van der Waals surface area contributed by atoms with E-state index in [1.165, 1.54) is 16.7 Å². The molecule has 0 amide bonds. The average Bonchev–Trinajstić information content (AvgIpc) is 2.78. The van der Waals surface area contributed by atoms with Crippen molar-refractivity contribution in [2.24, 2.45) is 0 Å². The number of aromatic nitrogens is 1. The first-order valence-corrected chi connectivity index (χ1v) is 5.10. The van der Waals surface area contributed by atoms with Gasteiger partial charge in [0.05, 0.1) is 11.5 Å². The smallest absolute Gasteiger partial charge is 0.305 e. The van der Waals surface area contributed by atoms with Gasteiger partial charge in [-0.2, -0.15) is 9.65 Å². The standard InChI is InChI=1S/C12H8FN3O2/c13-12-9(3-1-5-11(12)16(17)18)8-15-6-2-4-10(15)7-14/h1-6H,8H2. The predicted octanol–water partition coefficient (Wildman–Crippen LogP) is 2.46. The van der Waals surface area contributed by atoms with Gasteiger partial charge in [0.2, 0.25) is 5.82 Å². The van der Waals surface area contributed by atoms with Crippen LogP contribution in [0.3, 0.4) is 0 Å². The summed E-state index contributed by atoms with van der Waals surface area (Å²) in [6.45, 7) is 0.0867. The molecule has 0 aliphatic carbocycles. The number of nitro benzene ring substituents is 1. The fourth-order valence-corrected chi connectivity index (χ4v) is 1.67. The van der Waals surface area contributed by atoms with E-state index >= 15 is 0 Å². The third-order valence-corrected chi connectivity index (χ3v) is 2.54. The molecule has 5 nitrogen and oxygen atoms in total. The number of nitriles is 1. The van der Waals surface area contributed by atoms with Crippen molar-refractivity contribution in [1.29, 1.82) is 5.26 Å². The van der Waals surface area contributed by atoms with Gasteiger partial charge >= 0.3 is 5.69 Å². The molecular formula is C12H8FN3O2. The molecule has 90 valence electrons. The van der Waals surface area contributed by atoms with Crippen molar-refractivity contribution >= 4 is 5.69 Å². The maximum atomic E-state index is 13.8. The first-order chi connectivity index (χ1) is 8.63. The van der Waals surface area contributed by atoms with E-state index in [9.17, 15) is 14.5 Å². The molecule has 0 saturated heterocycles. The van der Waals surface area contributed by atoms with Crippen molar-refractivity contribution < 1.29 is 9.31 Å². The number of halogens is 1. The van der Waals surface area contributed by atoms with Gasteiger partial charge in [-0.05, 0) is 12.1 Å². The van der Waals surface area contributed by atoms with E-state index < -0.39 is 16.4 Å². The Morgan fingerprint density at radius 2 is 2.17 bits per heavy atom. The molecule has 0 atom stereocenters. The second-order valence-electron chi connectivity index (χ2n) is 3.64. The van der Waals surface area contributed by atoms with Gasteiger partial charge in [-0.1, -0.05) is 12.1 Å². The lowest BCUT2D eigenvalue weighted by Gasteiger charge is -2.06. The van der Waals surface area contributed by atoms with Crippen LogP contribution in [0.2, 0.25) is 0 Å². The van der Waals surface area contributed by atoms with Crippen molar-refractivity contribution in [3.05, 3.63) is 63.7 Å². The number of benzene rings is 1. The zero-order chi connectivity index (χ0) is 13.1. The van der Waals surface area contributed by atoms with Crippen molar-refractivity contribution in [3.63, 3.8) is 0 Å². The lowest BCUT2D eigenvalue weighted by Crippen LogP contribution is -2.04. The van der Waals surface area contributed by atoms with E-state index in [1.54, 1.807) is 18.3 Å². The van der Waals surface area contributed by atoms with Crippen LogP contribution >= 0.6 is 0 Å². The summed E-state index contributed by atoms with van der Waals surface area (Å²) < 4.78 is 15.3. The third-order valence-electron chi connectivity index (χ3n) is 2.54. The van der Waals surface area contributed by atoms with Crippen LogP contribution in [0.25, 0.3) is 0 Å². The summed E-state index contributed by atoms with van der Waals surface area (Å²) in [4.78, 5) is 9.84.